The highest BCUT2D eigenvalue weighted by Gasteiger charge is 2.27. The summed E-state index contributed by atoms with van der Waals surface area (Å²) in [5.41, 5.74) is -0.282. The Labute approximate surface area is 154 Å². The molecule has 0 aromatic heterocycles. The fourth-order valence-corrected chi connectivity index (χ4v) is 4.14. The molecule has 5 heteroatoms. The number of halogens is 2. The lowest BCUT2D eigenvalue weighted by Gasteiger charge is -2.32. The molecule has 1 saturated carbocycles. The zero-order chi connectivity index (χ0) is 18.5. The number of rotatable bonds is 5. The van der Waals surface area contributed by atoms with Crippen molar-refractivity contribution in [3.05, 3.63) is 34.9 Å². The van der Waals surface area contributed by atoms with Crippen molar-refractivity contribution >= 4 is 0 Å². The van der Waals surface area contributed by atoms with E-state index in [0.717, 1.165) is 30.4 Å². The summed E-state index contributed by atoms with van der Waals surface area (Å²) in [6.07, 6.45) is 8.20. The van der Waals surface area contributed by atoms with Crippen molar-refractivity contribution in [1.29, 1.82) is 5.26 Å². The summed E-state index contributed by atoms with van der Waals surface area (Å²) >= 11 is 0. The number of ether oxygens (including phenoxy) is 2. The molecule has 0 bridgehead atoms. The van der Waals surface area contributed by atoms with Crippen LogP contribution in [0.3, 0.4) is 0 Å². The Kier molecular flexibility index (Phi) is 6.61. The lowest BCUT2D eigenvalue weighted by molar-refractivity contribution is -0.206. The van der Waals surface area contributed by atoms with Gasteiger partial charge in [-0.15, -0.1) is 0 Å². The monoisotopic (exact) mass is 363 g/mol. The summed E-state index contributed by atoms with van der Waals surface area (Å²) in [6.45, 7) is 3.36. The van der Waals surface area contributed by atoms with Crippen molar-refractivity contribution < 1.29 is 18.3 Å². The van der Waals surface area contributed by atoms with E-state index >= 15 is 0 Å². The second-order valence-electron chi connectivity index (χ2n) is 7.71. The van der Waals surface area contributed by atoms with Gasteiger partial charge >= 0.3 is 0 Å². The number of nitrogens with zero attached hydrogens (tertiary/aromatic N) is 1. The van der Waals surface area contributed by atoms with Crippen molar-refractivity contribution in [2.75, 3.05) is 13.2 Å². The predicted molar refractivity (Wildman–Crippen MR) is 94.2 cm³/mol. The van der Waals surface area contributed by atoms with Gasteiger partial charge in [-0.05, 0) is 30.4 Å². The highest BCUT2D eigenvalue weighted by atomic mass is 19.1. The average Bonchev–Trinajstić information content (AvgIpc) is 2.67. The topological polar surface area (TPSA) is 42.2 Å². The van der Waals surface area contributed by atoms with E-state index < -0.39 is 23.5 Å². The van der Waals surface area contributed by atoms with E-state index in [1.54, 1.807) is 0 Å². The SMILES string of the molecule is CC[C@H]1CC[C@H](CC[C@H]2CO[C@H](c3cc(F)c(C#N)c(F)c3)OC2)CC1. The Morgan fingerprint density at radius 2 is 1.50 bits per heavy atom. The van der Waals surface area contributed by atoms with Crippen LogP contribution in [-0.2, 0) is 9.47 Å². The van der Waals surface area contributed by atoms with Crippen LogP contribution in [0, 0.1) is 40.7 Å². The van der Waals surface area contributed by atoms with Crippen molar-refractivity contribution in [2.24, 2.45) is 17.8 Å². The molecule has 0 amide bonds. The first kappa shape index (κ1) is 19.3. The molecule has 1 saturated heterocycles. The second-order valence-corrected chi connectivity index (χ2v) is 7.71. The second kappa shape index (κ2) is 8.92. The molecule has 0 N–H and O–H groups in total. The zero-order valence-electron chi connectivity index (χ0n) is 15.3. The minimum atomic E-state index is -0.875. The lowest BCUT2D eigenvalue weighted by atomic mass is 9.78. The van der Waals surface area contributed by atoms with E-state index in [4.69, 9.17) is 14.7 Å². The first-order valence-corrected chi connectivity index (χ1v) is 9.73. The summed E-state index contributed by atoms with van der Waals surface area (Å²) in [7, 11) is 0. The Bertz CT molecular complexity index is 619. The minimum Gasteiger partial charge on any atom is -0.348 e. The van der Waals surface area contributed by atoms with Crippen LogP contribution in [0.15, 0.2) is 12.1 Å². The van der Waals surface area contributed by atoms with Crippen LogP contribution >= 0.6 is 0 Å². The third kappa shape index (κ3) is 4.61. The molecule has 142 valence electrons. The largest absolute Gasteiger partial charge is 0.348 e. The van der Waals surface area contributed by atoms with E-state index in [1.807, 2.05) is 0 Å². The number of benzene rings is 1. The fraction of sp³-hybridized carbons (Fsp3) is 0.667. The van der Waals surface area contributed by atoms with Gasteiger partial charge in [0.15, 0.2) is 6.29 Å². The summed E-state index contributed by atoms with van der Waals surface area (Å²) < 4.78 is 38.9. The maximum absolute atomic E-state index is 13.7. The smallest absolute Gasteiger partial charge is 0.184 e. The van der Waals surface area contributed by atoms with Crippen LogP contribution in [0.1, 0.15) is 69.3 Å². The molecule has 3 rings (SSSR count). The first-order chi connectivity index (χ1) is 12.6. The van der Waals surface area contributed by atoms with Crippen LogP contribution in [-0.4, -0.2) is 13.2 Å². The van der Waals surface area contributed by atoms with Crippen molar-refractivity contribution in [2.45, 2.75) is 58.2 Å². The molecular weight excluding hydrogens is 336 g/mol. The van der Waals surface area contributed by atoms with Gasteiger partial charge in [0.1, 0.15) is 23.3 Å². The van der Waals surface area contributed by atoms with E-state index in [1.165, 1.54) is 44.6 Å². The standard InChI is InChI=1S/C21H27F2NO2/c1-2-14-3-5-15(6-4-14)7-8-16-12-25-21(26-13-16)17-9-19(22)18(11-24)20(23)10-17/h9-10,14-16,21H,2-8,12-13H2,1H3/t14-,15-,16-,21-. The van der Waals surface area contributed by atoms with E-state index in [-0.39, 0.29) is 5.56 Å². The zero-order valence-corrected chi connectivity index (χ0v) is 15.3. The van der Waals surface area contributed by atoms with Crippen LogP contribution < -0.4 is 0 Å². The molecule has 0 unspecified atom stereocenters. The minimum absolute atomic E-state index is 0.287. The summed E-state index contributed by atoms with van der Waals surface area (Å²) in [5.74, 6) is 0.320. The van der Waals surface area contributed by atoms with Gasteiger partial charge in [-0.2, -0.15) is 5.26 Å². The van der Waals surface area contributed by atoms with Crippen LogP contribution in [0.25, 0.3) is 0 Å². The van der Waals surface area contributed by atoms with Gasteiger partial charge in [0.25, 0.3) is 0 Å². The molecule has 1 aromatic rings. The third-order valence-electron chi connectivity index (χ3n) is 5.94. The maximum Gasteiger partial charge on any atom is 0.184 e. The van der Waals surface area contributed by atoms with Gasteiger partial charge < -0.3 is 9.47 Å². The van der Waals surface area contributed by atoms with Gasteiger partial charge in [-0.3, -0.25) is 0 Å². The Balaban J connectivity index is 1.45. The molecule has 3 nitrogen and oxygen atoms in total. The highest BCUT2D eigenvalue weighted by Crippen LogP contribution is 2.35. The molecule has 1 heterocycles. The number of hydrogen-bond acceptors (Lipinski definition) is 3. The van der Waals surface area contributed by atoms with E-state index in [2.05, 4.69) is 6.92 Å². The molecule has 0 radical (unpaired) electrons. The molecular formula is C21H27F2NO2. The van der Waals surface area contributed by atoms with E-state index in [0.29, 0.717) is 19.1 Å². The Hall–Kier alpha value is -1.51. The Morgan fingerprint density at radius 1 is 0.962 bits per heavy atom. The van der Waals surface area contributed by atoms with Gasteiger partial charge in [-0.1, -0.05) is 45.4 Å². The van der Waals surface area contributed by atoms with Gasteiger partial charge in [0.2, 0.25) is 0 Å². The van der Waals surface area contributed by atoms with Crippen LogP contribution in [0.4, 0.5) is 8.78 Å². The molecule has 2 aliphatic rings. The first-order valence-electron chi connectivity index (χ1n) is 9.73. The predicted octanol–water partition coefficient (Wildman–Crippen LogP) is 5.49. The highest BCUT2D eigenvalue weighted by molar-refractivity contribution is 5.35. The summed E-state index contributed by atoms with van der Waals surface area (Å²) in [4.78, 5) is 0. The molecule has 1 aliphatic heterocycles. The van der Waals surface area contributed by atoms with Crippen molar-refractivity contribution in [1.82, 2.24) is 0 Å². The van der Waals surface area contributed by atoms with Gasteiger partial charge in [0, 0.05) is 11.5 Å². The molecule has 2 fully saturated rings. The van der Waals surface area contributed by atoms with E-state index in [9.17, 15) is 8.78 Å². The molecule has 0 spiro atoms. The van der Waals surface area contributed by atoms with Crippen molar-refractivity contribution in [3.63, 3.8) is 0 Å². The normalized spacial score (nSPS) is 29.3. The number of hydrogen-bond donors (Lipinski definition) is 0. The van der Waals surface area contributed by atoms with Gasteiger partial charge in [-0.25, -0.2) is 8.78 Å². The quantitative estimate of drug-likeness (QED) is 0.694. The van der Waals surface area contributed by atoms with Crippen molar-refractivity contribution in [3.8, 4) is 6.07 Å². The molecule has 1 aliphatic carbocycles. The molecule has 1 aromatic carbocycles. The fourth-order valence-electron chi connectivity index (χ4n) is 4.14. The molecule has 0 atom stereocenters. The maximum atomic E-state index is 13.7. The third-order valence-corrected chi connectivity index (χ3v) is 5.94. The summed E-state index contributed by atoms with van der Waals surface area (Å²) in [5, 5.41) is 8.74. The van der Waals surface area contributed by atoms with Gasteiger partial charge in [0.05, 0.1) is 13.2 Å². The molecule has 26 heavy (non-hydrogen) atoms. The van der Waals surface area contributed by atoms with Crippen LogP contribution in [0.5, 0.6) is 0 Å². The number of nitriles is 1. The lowest BCUT2D eigenvalue weighted by Crippen LogP contribution is -2.28. The Morgan fingerprint density at radius 3 is 2.04 bits per heavy atom. The van der Waals surface area contributed by atoms with Crippen LogP contribution in [0.2, 0.25) is 0 Å². The average molecular weight is 363 g/mol. The summed E-state index contributed by atoms with van der Waals surface area (Å²) in [6, 6.07) is 3.77.